The zero-order valence-electron chi connectivity index (χ0n) is 24.5. The van der Waals surface area contributed by atoms with Crippen LogP contribution >= 0.6 is 0 Å². The summed E-state index contributed by atoms with van der Waals surface area (Å²) >= 11 is 0. The highest BCUT2D eigenvalue weighted by Gasteiger charge is 2.39. The molecule has 0 unspecified atom stereocenters. The van der Waals surface area contributed by atoms with E-state index in [-0.39, 0.29) is 43.4 Å². The van der Waals surface area contributed by atoms with Crippen molar-refractivity contribution in [2.75, 3.05) is 13.2 Å². The lowest BCUT2D eigenvalue weighted by atomic mass is 9.88. The van der Waals surface area contributed by atoms with E-state index in [4.69, 9.17) is 9.47 Å². The molecule has 0 bridgehead atoms. The third kappa shape index (κ3) is 17.1. The van der Waals surface area contributed by atoms with Crippen LogP contribution in [-0.2, 0) is 19.1 Å². The standard InChI is InChI=1S/C31H56O8/c1-3-5-7-8-13-17-30(36)38-22-25(33)23-39-31(37)18-14-10-9-12-16-26-27(29(35)21-28(26)34)20-19-24(32)15-11-6-4-2/h19-20,24-29,32-35H,3-18,21-23H2,1-2H3/b20-19+/t24-,25-,26+,27+,28-,29+/m0/s1. The van der Waals surface area contributed by atoms with Crippen molar-refractivity contribution in [3.8, 4) is 0 Å². The SMILES string of the molecule is CCCCCCCC(=O)OC[C@H](O)COC(=O)CCCCCC[C@@H]1[C@@H](/C=C/[C@@H](O)CCCCC)[C@H](O)C[C@@H]1O. The molecule has 0 heterocycles. The van der Waals surface area contributed by atoms with Crippen LogP contribution in [0.5, 0.6) is 0 Å². The first kappa shape index (κ1) is 35.5. The number of carbonyl (C=O) groups is 2. The maximum Gasteiger partial charge on any atom is 0.305 e. The first-order chi connectivity index (χ1) is 18.8. The molecule has 8 nitrogen and oxygen atoms in total. The molecule has 0 aromatic rings. The number of rotatable bonds is 23. The third-order valence-electron chi connectivity index (χ3n) is 7.60. The van der Waals surface area contributed by atoms with Gasteiger partial charge in [-0.1, -0.05) is 90.2 Å². The smallest absolute Gasteiger partial charge is 0.305 e. The third-order valence-corrected chi connectivity index (χ3v) is 7.60. The van der Waals surface area contributed by atoms with Gasteiger partial charge in [0.05, 0.1) is 18.3 Å². The van der Waals surface area contributed by atoms with Gasteiger partial charge in [-0.25, -0.2) is 0 Å². The predicted molar refractivity (Wildman–Crippen MR) is 152 cm³/mol. The van der Waals surface area contributed by atoms with Crippen LogP contribution in [0.4, 0.5) is 0 Å². The average molecular weight is 557 g/mol. The Morgan fingerprint density at radius 2 is 1.31 bits per heavy atom. The highest BCUT2D eigenvalue weighted by molar-refractivity contribution is 5.69. The Kier molecular flexibility index (Phi) is 20.3. The van der Waals surface area contributed by atoms with Crippen LogP contribution in [0.1, 0.15) is 123 Å². The second-order valence-electron chi connectivity index (χ2n) is 11.2. The first-order valence-corrected chi connectivity index (χ1v) is 15.5. The molecule has 0 spiro atoms. The number of unbranched alkanes of at least 4 members (excludes halogenated alkanes) is 9. The zero-order valence-corrected chi connectivity index (χ0v) is 24.5. The van der Waals surface area contributed by atoms with Gasteiger partial charge in [-0.3, -0.25) is 9.59 Å². The minimum atomic E-state index is -1.02. The Morgan fingerprint density at radius 3 is 1.90 bits per heavy atom. The average Bonchev–Trinajstić information content (AvgIpc) is 3.18. The Morgan fingerprint density at radius 1 is 0.769 bits per heavy atom. The van der Waals surface area contributed by atoms with Crippen molar-refractivity contribution in [1.29, 1.82) is 0 Å². The van der Waals surface area contributed by atoms with Crippen LogP contribution in [0.2, 0.25) is 0 Å². The van der Waals surface area contributed by atoms with Crippen molar-refractivity contribution < 1.29 is 39.5 Å². The van der Waals surface area contributed by atoms with Gasteiger partial charge in [0.2, 0.25) is 0 Å². The molecule has 0 radical (unpaired) electrons. The van der Waals surface area contributed by atoms with Gasteiger partial charge in [-0.05, 0) is 31.6 Å². The largest absolute Gasteiger partial charge is 0.463 e. The molecule has 0 saturated heterocycles. The zero-order chi connectivity index (χ0) is 28.9. The van der Waals surface area contributed by atoms with E-state index in [1.54, 1.807) is 6.08 Å². The van der Waals surface area contributed by atoms with Crippen molar-refractivity contribution in [2.24, 2.45) is 11.8 Å². The lowest BCUT2D eigenvalue weighted by Gasteiger charge is -2.21. The number of carbonyl (C=O) groups excluding carboxylic acids is 2. The van der Waals surface area contributed by atoms with E-state index in [0.29, 0.717) is 25.7 Å². The monoisotopic (exact) mass is 556 g/mol. The first-order valence-electron chi connectivity index (χ1n) is 15.5. The molecule has 1 aliphatic carbocycles. The molecule has 0 amide bonds. The molecule has 4 N–H and O–H groups in total. The number of aliphatic hydroxyl groups is 4. The molecule has 0 aliphatic heterocycles. The van der Waals surface area contributed by atoms with Gasteiger partial charge in [0.1, 0.15) is 19.3 Å². The van der Waals surface area contributed by atoms with Crippen molar-refractivity contribution in [1.82, 2.24) is 0 Å². The van der Waals surface area contributed by atoms with E-state index in [1.165, 1.54) is 6.42 Å². The summed E-state index contributed by atoms with van der Waals surface area (Å²) in [5, 5.41) is 40.9. The normalized spacial score (nSPS) is 22.7. The molecule has 6 atom stereocenters. The van der Waals surface area contributed by atoms with Crippen LogP contribution in [0.15, 0.2) is 12.2 Å². The summed E-state index contributed by atoms with van der Waals surface area (Å²) in [6.45, 7) is 3.91. The van der Waals surface area contributed by atoms with E-state index in [1.807, 2.05) is 6.08 Å². The van der Waals surface area contributed by atoms with E-state index >= 15 is 0 Å². The molecule has 0 aromatic carbocycles. The summed E-state index contributed by atoms with van der Waals surface area (Å²) in [6, 6.07) is 0. The van der Waals surface area contributed by atoms with Crippen LogP contribution in [0.3, 0.4) is 0 Å². The fourth-order valence-electron chi connectivity index (χ4n) is 5.18. The molecule has 1 rings (SSSR count). The Balaban J connectivity index is 2.15. The Hall–Kier alpha value is -1.48. The highest BCUT2D eigenvalue weighted by Crippen LogP contribution is 2.37. The van der Waals surface area contributed by atoms with Gasteiger partial charge in [0.15, 0.2) is 0 Å². The number of aliphatic hydroxyl groups excluding tert-OH is 4. The highest BCUT2D eigenvalue weighted by atomic mass is 16.6. The van der Waals surface area contributed by atoms with Crippen LogP contribution in [0.25, 0.3) is 0 Å². The predicted octanol–water partition coefficient (Wildman–Crippen LogP) is 4.99. The van der Waals surface area contributed by atoms with E-state index in [2.05, 4.69) is 13.8 Å². The van der Waals surface area contributed by atoms with Gasteiger partial charge in [0.25, 0.3) is 0 Å². The van der Waals surface area contributed by atoms with Gasteiger partial charge >= 0.3 is 11.9 Å². The molecule has 228 valence electrons. The van der Waals surface area contributed by atoms with Gasteiger partial charge in [-0.2, -0.15) is 0 Å². The summed E-state index contributed by atoms with van der Waals surface area (Å²) < 4.78 is 10.1. The Labute approximate surface area is 236 Å². The second-order valence-corrected chi connectivity index (χ2v) is 11.2. The van der Waals surface area contributed by atoms with Gasteiger partial charge in [0, 0.05) is 25.2 Å². The molecular weight excluding hydrogens is 500 g/mol. The molecule has 0 aromatic heterocycles. The summed E-state index contributed by atoms with van der Waals surface area (Å²) in [5.41, 5.74) is 0. The number of ether oxygens (including phenoxy) is 2. The van der Waals surface area contributed by atoms with Crippen LogP contribution in [-0.4, -0.2) is 70.0 Å². The van der Waals surface area contributed by atoms with Gasteiger partial charge in [-0.15, -0.1) is 0 Å². The van der Waals surface area contributed by atoms with Gasteiger partial charge < -0.3 is 29.9 Å². The number of hydrogen-bond acceptors (Lipinski definition) is 8. The lowest BCUT2D eigenvalue weighted by molar-refractivity contribution is -0.152. The molecule has 1 aliphatic rings. The number of hydrogen-bond donors (Lipinski definition) is 4. The molecule has 8 heteroatoms. The topological polar surface area (TPSA) is 134 Å². The molecule has 1 saturated carbocycles. The number of esters is 2. The maximum atomic E-state index is 12.0. The molecule has 1 fully saturated rings. The van der Waals surface area contributed by atoms with Crippen molar-refractivity contribution in [3.05, 3.63) is 12.2 Å². The van der Waals surface area contributed by atoms with E-state index in [9.17, 15) is 30.0 Å². The summed E-state index contributed by atoms with van der Waals surface area (Å²) in [5.74, 6) is -0.889. The van der Waals surface area contributed by atoms with E-state index in [0.717, 1.165) is 70.6 Å². The summed E-state index contributed by atoms with van der Waals surface area (Å²) in [4.78, 5) is 23.7. The fourth-order valence-corrected chi connectivity index (χ4v) is 5.18. The molecule has 39 heavy (non-hydrogen) atoms. The van der Waals surface area contributed by atoms with E-state index < -0.39 is 24.4 Å². The maximum absolute atomic E-state index is 12.0. The van der Waals surface area contributed by atoms with Crippen molar-refractivity contribution >= 4 is 11.9 Å². The summed E-state index contributed by atoms with van der Waals surface area (Å²) in [6.07, 6.45) is 15.2. The van der Waals surface area contributed by atoms with Crippen LogP contribution < -0.4 is 0 Å². The lowest BCUT2D eigenvalue weighted by Crippen LogP contribution is -2.25. The Bertz CT molecular complexity index is 667. The summed E-state index contributed by atoms with van der Waals surface area (Å²) in [7, 11) is 0. The second kappa shape index (κ2) is 22.2. The quantitative estimate of drug-likeness (QED) is 0.0786. The van der Waals surface area contributed by atoms with Crippen molar-refractivity contribution in [2.45, 2.75) is 147 Å². The minimum Gasteiger partial charge on any atom is -0.463 e. The molecular formula is C31H56O8. The van der Waals surface area contributed by atoms with Crippen LogP contribution in [0, 0.1) is 11.8 Å². The van der Waals surface area contributed by atoms with Crippen molar-refractivity contribution in [3.63, 3.8) is 0 Å². The fraction of sp³-hybridized carbons (Fsp3) is 0.871. The minimum absolute atomic E-state index is 0.0271.